The summed E-state index contributed by atoms with van der Waals surface area (Å²) in [7, 11) is 0. The molecule has 7 nitrogen and oxygen atoms in total. The average molecular weight is 423 g/mol. The molecule has 150 valence electrons. The Morgan fingerprint density at radius 2 is 1.89 bits per heavy atom. The van der Waals surface area contributed by atoms with Gasteiger partial charge in [-0.05, 0) is 44.3 Å². The van der Waals surface area contributed by atoms with Crippen molar-refractivity contribution in [2.45, 2.75) is 20.4 Å². The van der Waals surface area contributed by atoms with Crippen molar-refractivity contribution in [3.8, 4) is 0 Å². The number of halogens is 1. The maximum Gasteiger partial charge on any atom is 0.271 e. The normalized spacial score (nSPS) is 14.9. The molecule has 28 heavy (non-hydrogen) atoms. The van der Waals surface area contributed by atoms with Crippen molar-refractivity contribution in [3.63, 3.8) is 0 Å². The van der Waals surface area contributed by atoms with Gasteiger partial charge in [-0.25, -0.2) is 0 Å². The van der Waals surface area contributed by atoms with Crippen LogP contribution in [0.5, 0.6) is 0 Å². The zero-order chi connectivity index (χ0) is 20.3. The van der Waals surface area contributed by atoms with Gasteiger partial charge in [0.25, 0.3) is 5.69 Å². The number of benzene rings is 1. The van der Waals surface area contributed by atoms with Gasteiger partial charge in [0, 0.05) is 23.5 Å². The number of nitro groups is 1. The maximum atomic E-state index is 11.0. The van der Waals surface area contributed by atoms with E-state index in [1.54, 1.807) is 4.90 Å². The number of hydrogen-bond donors (Lipinski definition) is 2. The van der Waals surface area contributed by atoms with E-state index in [1.165, 1.54) is 29.6 Å². The summed E-state index contributed by atoms with van der Waals surface area (Å²) in [6, 6.07) is 8.63. The van der Waals surface area contributed by atoms with E-state index in [0.717, 1.165) is 39.3 Å². The van der Waals surface area contributed by atoms with Crippen molar-refractivity contribution in [1.29, 1.82) is 0 Å². The van der Waals surface area contributed by atoms with E-state index in [2.05, 4.69) is 40.8 Å². The molecule has 0 radical (unpaired) electrons. The molecule has 2 N–H and O–H groups in total. The third kappa shape index (κ3) is 4.81. The van der Waals surface area contributed by atoms with Crippen molar-refractivity contribution < 1.29 is 9.82 Å². The summed E-state index contributed by atoms with van der Waals surface area (Å²) in [4.78, 5) is 14.2. The quantitative estimate of drug-likeness (QED) is 0.439. The number of thiocarbonyl (C=S) groups is 1. The number of quaternary nitrogens is 1. The molecule has 2 aromatic rings. The molecular weight excluding hydrogens is 398 g/mol. The van der Waals surface area contributed by atoms with Crippen LogP contribution < -0.4 is 10.2 Å². The second-order valence-corrected chi connectivity index (χ2v) is 7.90. The largest absolute Gasteiger partial charge is 0.344 e. The van der Waals surface area contributed by atoms with Crippen molar-refractivity contribution in [1.82, 2.24) is 9.47 Å². The number of non-ortho nitro benzene ring substituents is 1. The first-order valence-electron chi connectivity index (χ1n) is 9.31. The van der Waals surface area contributed by atoms with E-state index in [4.69, 9.17) is 23.8 Å². The maximum absolute atomic E-state index is 11.0. The zero-order valence-corrected chi connectivity index (χ0v) is 17.6. The molecule has 0 aliphatic carbocycles. The first-order valence-corrected chi connectivity index (χ1v) is 10.1. The van der Waals surface area contributed by atoms with Gasteiger partial charge >= 0.3 is 0 Å². The Kier molecular flexibility index (Phi) is 6.53. The summed E-state index contributed by atoms with van der Waals surface area (Å²) >= 11 is 11.7. The van der Waals surface area contributed by atoms with Crippen molar-refractivity contribution >= 4 is 40.3 Å². The second kappa shape index (κ2) is 8.89. The first kappa shape index (κ1) is 20.6. The summed E-state index contributed by atoms with van der Waals surface area (Å²) in [6.45, 7) is 10.1. The lowest BCUT2D eigenvalue weighted by molar-refractivity contribution is -0.904. The summed E-state index contributed by atoms with van der Waals surface area (Å²) < 4.78 is 2.36. The molecule has 0 bridgehead atoms. The van der Waals surface area contributed by atoms with E-state index in [-0.39, 0.29) is 5.69 Å². The van der Waals surface area contributed by atoms with Crippen molar-refractivity contribution in [2.24, 2.45) is 0 Å². The van der Waals surface area contributed by atoms with Gasteiger partial charge in [-0.2, -0.15) is 0 Å². The van der Waals surface area contributed by atoms with Crippen LogP contribution >= 0.6 is 23.8 Å². The van der Waals surface area contributed by atoms with Crippen LogP contribution in [0.4, 0.5) is 11.4 Å². The van der Waals surface area contributed by atoms with E-state index >= 15 is 0 Å². The van der Waals surface area contributed by atoms with E-state index < -0.39 is 4.92 Å². The van der Waals surface area contributed by atoms with Crippen LogP contribution in [0.15, 0.2) is 30.3 Å². The Balaban J connectivity index is 1.51. The molecular formula is C19H25ClN5O2S+. The van der Waals surface area contributed by atoms with Crippen LogP contribution in [0.3, 0.4) is 0 Å². The summed E-state index contributed by atoms with van der Waals surface area (Å²) in [6.07, 6.45) is 0. The smallest absolute Gasteiger partial charge is 0.271 e. The number of rotatable bonds is 5. The van der Waals surface area contributed by atoms with Crippen LogP contribution in [0.25, 0.3) is 0 Å². The number of piperazine rings is 1. The Morgan fingerprint density at radius 3 is 2.50 bits per heavy atom. The van der Waals surface area contributed by atoms with E-state index in [9.17, 15) is 10.1 Å². The Labute approximate surface area is 175 Å². The molecule has 3 rings (SSSR count). The molecule has 9 heteroatoms. The molecule has 1 aliphatic rings. The third-order valence-corrected chi connectivity index (χ3v) is 5.96. The second-order valence-electron chi connectivity index (χ2n) is 7.11. The molecule has 1 aromatic carbocycles. The van der Waals surface area contributed by atoms with Crippen LogP contribution in [0, 0.1) is 24.0 Å². The molecule has 1 fully saturated rings. The summed E-state index contributed by atoms with van der Waals surface area (Å²) in [5, 5.41) is 15.0. The molecule has 1 saturated heterocycles. The zero-order valence-electron chi connectivity index (χ0n) is 16.1. The minimum atomic E-state index is -0.444. The number of nitrogens with one attached hydrogen (secondary N) is 2. The van der Waals surface area contributed by atoms with Crippen molar-refractivity contribution in [2.75, 3.05) is 38.0 Å². The molecule has 0 atom stereocenters. The minimum Gasteiger partial charge on any atom is -0.344 e. The Morgan fingerprint density at radius 1 is 1.25 bits per heavy atom. The fourth-order valence-electron chi connectivity index (χ4n) is 3.51. The van der Waals surface area contributed by atoms with Gasteiger partial charge in [0.05, 0.1) is 54.9 Å². The highest BCUT2D eigenvalue weighted by Crippen LogP contribution is 2.27. The Bertz CT molecular complexity index is 858. The average Bonchev–Trinajstić information content (AvgIpc) is 2.99. The summed E-state index contributed by atoms with van der Waals surface area (Å²) in [5.74, 6) is 0. The monoisotopic (exact) mass is 422 g/mol. The lowest BCUT2D eigenvalue weighted by Gasteiger charge is -2.34. The molecule has 0 amide bonds. The lowest BCUT2D eigenvalue weighted by Crippen LogP contribution is -3.15. The van der Waals surface area contributed by atoms with E-state index in [1.807, 2.05) is 0 Å². The van der Waals surface area contributed by atoms with Crippen LogP contribution in [-0.4, -0.2) is 52.2 Å². The SMILES string of the molecule is Cc1ccc(C)n1CC[NH+]1CCN(C(=S)Nc2cc([N+](=O)[O-])ccc2Cl)CC1. The number of hydrogen-bond acceptors (Lipinski definition) is 3. The van der Waals surface area contributed by atoms with Crippen LogP contribution in [-0.2, 0) is 6.54 Å². The van der Waals surface area contributed by atoms with Gasteiger partial charge in [0.2, 0.25) is 0 Å². The number of nitrogens with zero attached hydrogens (tertiary/aromatic N) is 3. The van der Waals surface area contributed by atoms with Crippen LogP contribution in [0.2, 0.25) is 5.02 Å². The summed E-state index contributed by atoms with van der Waals surface area (Å²) in [5.41, 5.74) is 3.05. The Hall–Kier alpha value is -2.16. The van der Waals surface area contributed by atoms with E-state index in [0.29, 0.717) is 15.8 Å². The van der Waals surface area contributed by atoms with Crippen LogP contribution in [0.1, 0.15) is 11.4 Å². The highest BCUT2D eigenvalue weighted by atomic mass is 35.5. The highest BCUT2D eigenvalue weighted by molar-refractivity contribution is 7.80. The van der Waals surface area contributed by atoms with Gasteiger partial charge in [0.15, 0.2) is 5.11 Å². The van der Waals surface area contributed by atoms with Gasteiger partial charge < -0.3 is 19.7 Å². The van der Waals surface area contributed by atoms with Gasteiger partial charge in [-0.1, -0.05) is 11.6 Å². The van der Waals surface area contributed by atoms with Crippen molar-refractivity contribution in [3.05, 3.63) is 56.9 Å². The number of nitro benzene ring substituents is 1. The standard InChI is InChI=1S/C19H24ClN5O2S/c1-14-3-4-15(2)24(14)12-9-22-7-10-23(11-8-22)19(28)21-18-13-16(25(26)27)5-6-17(18)20/h3-6,13H,7-12H2,1-2H3,(H,21,28)/p+1. The highest BCUT2D eigenvalue weighted by Gasteiger charge is 2.22. The molecule has 2 heterocycles. The fraction of sp³-hybridized carbons (Fsp3) is 0.421. The number of anilines is 1. The van der Waals surface area contributed by atoms with Gasteiger partial charge in [-0.15, -0.1) is 0 Å². The predicted octanol–water partition coefficient (Wildman–Crippen LogP) is 2.26. The lowest BCUT2D eigenvalue weighted by atomic mass is 10.2. The van der Waals surface area contributed by atoms with Gasteiger partial charge in [0.1, 0.15) is 0 Å². The molecule has 1 aliphatic heterocycles. The molecule has 0 unspecified atom stereocenters. The molecule has 0 saturated carbocycles. The molecule has 1 aromatic heterocycles. The first-order chi connectivity index (χ1) is 13.3. The minimum absolute atomic E-state index is 0.0143. The van der Waals surface area contributed by atoms with Gasteiger partial charge in [-0.3, -0.25) is 10.1 Å². The number of aryl methyl sites for hydroxylation is 2. The molecule has 0 spiro atoms. The third-order valence-electron chi connectivity index (χ3n) is 5.27. The fourth-order valence-corrected chi connectivity index (χ4v) is 3.97. The topological polar surface area (TPSA) is 67.8 Å². The number of aromatic nitrogens is 1. The predicted molar refractivity (Wildman–Crippen MR) is 115 cm³/mol.